The van der Waals surface area contributed by atoms with Crippen molar-refractivity contribution in [3.8, 4) is 28.5 Å². The fraction of sp³-hybridized carbons (Fsp3) is 0.174. The molecule has 3 heterocycles. The van der Waals surface area contributed by atoms with Crippen LogP contribution in [0.4, 0.5) is 0 Å². The zero-order chi connectivity index (χ0) is 20.7. The topological polar surface area (TPSA) is 65.7 Å². The number of methoxy groups -OCH3 is 1. The first-order chi connectivity index (χ1) is 14.7. The molecular weight excluding hydrogens is 404 g/mol. The van der Waals surface area contributed by atoms with Gasteiger partial charge in [-0.25, -0.2) is 4.98 Å². The summed E-state index contributed by atoms with van der Waals surface area (Å²) in [6, 6.07) is 15.4. The maximum atomic E-state index is 10.4. The molecular formula is C23H19ClN2O4. The molecule has 0 fully saturated rings. The largest absolute Gasteiger partial charge is 0.481 e. The maximum absolute atomic E-state index is 10.4. The van der Waals surface area contributed by atoms with E-state index >= 15 is 0 Å². The summed E-state index contributed by atoms with van der Waals surface area (Å²) in [6.07, 6.45) is 1.75. The molecule has 30 heavy (non-hydrogen) atoms. The summed E-state index contributed by atoms with van der Waals surface area (Å²) in [5.41, 5.74) is 4.54. The highest BCUT2D eigenvalue weighted by Gasteiger charge is 2.23. The lowest BCUT2D eigenvalue weighted by molar-refractivity contribution is 0.174. The van der Waals surface area contributed by atoms with Crippen LogP contribution >= 0.6 is 11.6 Å². The fourth-order valence-electron chi connectivity index (χ4n) is 3.92. The number of halogens is 1. The number of pyridine rings is 1. The van der Waals surface area contributed by atoms with Crippen molar-refractivity contribution >= 4 is 22.5 Å². The second kappa shape index (κ2) is 7.55. The van der Waals surface area contributed by atoms with Crippen LogP contribution in [0.3, 0.4) is 0 Å². The zero-order valence-corrected chi connectivity index (χ0v) is 17.0. The van der Waals surface area contributed by atoms with E-state index in [0.29, 0.717) is 28.9 Å². The number of hydrogen-bond acceptors (Lipinski definition) is 5. The van der Waals surface area contributed by atoms with Gasteiger partial charge in [-0.05, 0) is 29.8 Å². The van der Waals surface area contributed by atoms with E-state index in [2.05, 4.69) is 9.55 Å². The molecule has 5 rings (SSSR count). The summed E-state index contributed by atoms with van der Waals surface area (Å²) < 4.78 is 18.5. The molecule has 0 aliphatic carbocycles. The third kappa shape index (κ3) is 3.14. The van der Waals surface area contributed by atoms with Crippen molar-refractivity contribution in [1.82, 2.24) is 9.55 Å². The second-order valence-corrected chi connectivity index (χ2v) is 7.44. The van der Waals surface area contributed by atoms with Gasteiger partial charge in [-0.3, -0.25) is 0 Å². The van der Waals surface area contributed by atoms with Crippen molar-refractivity contribution in [3.05, 3.63) is 71.0 Å². The minimum absolute atomic E-state index is 0.136. The molecule has 0 saturated carbocycles. The number of nitrogens with zero attached hydrogens (tertiary/aromatic N) is 2. The van der Waals surface area contributed by atoms with Gasteiger partial charge >= 0.3 is 0 Å². The van der Waals surface area contributed by atoms with E-state index in [4.69, 9.17) is 25.8 Å². The first-order valence-corrected chi connectivity index (χ1v) is 9.86. The van der Waals surface area contributed by atoms with Gasteiger partial charge in [0.15, 0.2) is 11.5 Å². The van der Waals surface area contributed by atoms with Crippen molar-refractivity contribution < 1.29 is 19.3 Å². The Morgan fingerprint density at radius 3 is 2.67 bits per heavy atom. The number of aliphatic hydroxyl groups excluding tert-OH is 1. The molecule has 4 aromatic rings. The quantitative estimate of drug-likeness (QED) is 0.507. The van der Waals surface area contributed by atoms with Crippen LogP contribution in [0.25, 0.3) is 22.0 Å². The molecule has 0 unspecified atom stereocenters. The van der Waals surface area contributed by atoms with Gasteiger partial charge in [0, 0.05) is 46.4 Å². The fourth-order valence-corrected chi connectivity index (χ4v) is 4.14. The molecule has 2 aromatic heterocycles. The van der Waals surface area contributed by atoms with Crippen molar-refractivity contribution in [3.63, 3.8) is 0 Å². The maximum Gasteiger partial charge on any atom is 0.231 e. The Hall–Kier alpha value is -3.22. The summed E-state index contributed by atoms with van der Waals surface area (Å²) in [5, 5.41) is 12.0. The number of aromatic nitrogens is 2. The molecule has 0 radical (unpaired) electrons. The van der Waals surface area contributed by atoms with Crippen LogP contribution in [0.5, 0.6) is 17.4 Å². The average molecular weight is 423 g/mol. The summed E-state index contributed by atoms with van der Waals surface area (Å²) in [5.74, 6) is 1.91. The predicted octanol–water partition coefficient (Wildman–Crippen LogP) is 4.63. The molecule has 0 bridgehead atoms. The van der Waals surface area contributed by atoms with E-state index < -0.39 is 0 Å². The zero-order valence-electron chi connectivity index (χ0n) is 16.3. The van der Waals surface area contributed by atoms with Crippen molar-refractivity contribution in [1.29, 1.82) is 0 Å². The summed E-state index contributed by atoms with van der Waals surface area (Å²) in [4.78, 5) is 4.35. The molecule has 0 atom stereocenters. The second-order valence-electron chi connectivity index (χ2n) is 7.01. The Balaban J connectivity index is 1.75. The molecule has 152 valence electrons. The Bertz CT molecular complexity index is 1230. The van der Waals surface area contributed by atoms with Crippen LogP contribution in [0.2, 0.25) is 5.02 Å². The predicted molar refractivity (Wildman–Crippen MR) is 114 cm³/mol. The highest BCUT2D eigenvalue weighted by atomic mass is 35.5. The Morgan fingerprint density at radius 1 is 1.13 bits per heavy atom. The van der Waals surface area contributed by atoms with E-state index in [1.54, 1.807) is 13.3 Å². The summed E-state index contributed by atoms with van der Waals surface area (Å²) in [7, 11) is 1.58. The third-order valence-electron chi connectivity index (χ3n) is 5.28. The highest BCUT2D eigenvalue weighted by molar-refractivity contribution is 6.30. The number of aliphatic hydroxyl groups is 1. The molecule has 0 spiro atoms. The van der Waals surface area contributed by atoms with E-state index in [1.165, 1.54) is 0 Å². The van der Waals surface area contributed by atoms with Crippen molar-refractivity contribution in [2.45, 2.75) is 13.2 Å². The molecule has 0 saturated heterocycles. The Labute approximate surface area is 178 Å². The normalized spacial score (nSPS) is 12.5. The lowest BCUT2D eigenvalue weighted by Crippen LogP contribution is -2.05. The minimum Gasteiger partial charge on any atom is -0.481 e. The average Bonchev–Trinajstić information content (AvgIpc) is 3.34. The molecule has 1 N–H and O–H groups in total. The van der Waals surface area contributed by atoms with E-state index in [9.17, 15) is 5.11 Å². The Morgan fingerprint density at radius 2 is 1.97 bits per heavy atom. The van der Waals surface area contributed by atoms with Gasteiger partial charge < -0.3 is 23.9 Å². The van der Waals surface area contributed by atoms with Gasteiger partial charge in [0.2, 0.25) is 12.7 Å². The smallest absolute Gasteiger partial charge is 0.231 e. The summed E-state index contributed by atoms with van der Waals surface area (Å²) >= 11 is 6.19. The number of ether oxygens (including phenoxy) is 3. The number of fused-ring (bicyclic) bond motifs is 2. The molecule has 0 amide bonds. The number of benzene rings is 2. The van der Waals surface area contributed by atoms with Gasteiger partial charge in [0.25, 0.3) is 0 Å². The Kier molecular flexibility index (Phi) is 4.73. The van der Waals surface area contributed by atoms with Crippen LogP contribution in [-0.4, -0.2) is 28.6 Å². The van der Waals surface area contributed by atoms with Crippen LogP contribution < -0.4 is 14.2 Å². The minimum atomic E-state index is -0.136. The van der Waals surface area contributed by atoms with E-state index in [0.717, 1.165) is 33.3 Å². The van der Waals surface area contributed by atoms with E-state index in [-0.39, 0.29) is 13.4 Å². The molecule has 7 heteroatoms. The van der Waals surface area contributed by atoms with Gasteiger partial charge in [-0.15, -0.1) is 0 Å². The van der Waals surface area contributed by atoms with Gasteiger partial charge in [-0.1, -0.05) is 23.7 Å². The van der Waals surface area contributed by atoms with Crippen molar-refractivity contribution in [2.75, 3.05) is 13.9 Å². The van der Waals surface area contributed by atoms with Crippen LogP contribution in [0, 0.1) is 0 Å². The van der Waals surface area contributed by atoms with Gasteiger partial charge in [0.05, 0.1) is 24.9 Å². The third-order valence-corrected chi connectivity index (χ3v) is 5.51. The van der Waals surface area contributed by atoms with Crippen LogP contribution in [0.1, 0.15) is 11.3 Å². The first kappa shape index (κ1) is 18.8. The van der Waals surface area contributed by atoms with Gasteiger partial charge in [0.1, 0.15) is 0 Å². The van der Waals surface area contributed by atoms with Gasteiger partial charge in [-0.2, -0.15) is 0 Å². The SMILES string of the molecule is COc1ccc(-c2c(CO)n(Cc3cccc(Cl)c3)c3cc4c(cc23)OCO4)cn1. The molecule has 1 aliphatic rings. The van der Waals surface area contributed by atoms with Crippen LogP contribution in [0.15, 0.2) is 54.7 Å². The highest BCUT2D eigenvalue weighted by Crippen LogP contribution is 2.43. The number of rotatable bonds is 5. The summed E-state index contributed by atoms with van der Waals surface area (Å²) in [6.45, 7) is 0.613. The number of hydrogen-bond donors (Lipinski definition) is 1. The van der Waals surface area contributed by atoms with Crippen molar-refractivity contribution in [2.24, 2.45) is 0 Å². The van der Waals surface area contributed by atoms with Crippen LogP contribution in [-0.2, 0) is 13.2 Å². The molecule has 1 aliphatic heterocycles. The van der Waals surface area contributed by atoms with E-state index in [1.807, 2.05) is 48.5 Å². The standard InChI is InChI=1S/C23H19ClN2O4/c1-28-22-6-5-15(10-25-22)23-17-8-20-21(30-13-29-20)9-18(17)26(19(23)12-27)11-14-3-2-4-16(24)7-14/h2-10,27H,11-13H2,1H3. The lowest BCUT2D eigenvalue weighted by Gasteiger charge is -2.11. The lowest BCUT2D eigenvalue weighted by atomic mass is 10.0. The first-order valence-electron chi connectivity index (χ1n) is 9.48. The molecule has 2 aromatic carbocycles. The molecule has 6 nitrogen and oxygen atoms in total. The monoisotopic (exact) mass is 422 g/mol.